The Morgan fingerprint density at radius 2 is 1.03 bits per heavy atom. The first kappa shape index (κ1) is 31.1. The number of hydrogen-bond acceptors (Lipinski definition) is 6. The minimum atomic E-state index is -1.87. The van der Waals surface area contributed by atoms with Crippen molar-refractivity contribution >= 4 is 27.5 Å². The molecule has 0 rings (SSSR count). The molecule has 0 heterocycles. The van der Waals surface area contributed by atoms with Gasteiger partial charge in [-0.1, -0.05) is 13.8 Å². The predicted octanol–water partition coefficient (Wildman–Crippen LogP) is 2.72. The maximum Gasteiger partial charge on any atom is 0.331 e. The molecular formula is C22H46N2O6P2+2. The Morgan fingerprint density at radius 1 is 0.719 bits per heavy atom. The van der Waals surface area contributed by atoms with Crippen LogP contribution in [0, 0.1) is 0 Å². The molecule has 0 aliphatic heterocycles. The lowest BCUT2D eigenvalue weighted by molar-refractivity contribution is -0.867. The van der Waals surface area contributed by atoms with Gasteiger partial charge >= 0.3 is 11.9 Å². The van der Waals surface area contributed by atoms with Gasteiger partial charge in [0.15, 0.2) is 0 Å². The summed E-state index contributed by atoms with van der Waals surface area (Å²) in [5, 5.41) is 0. The van der Waals surface area contributed by atoms with Crippen molar-refractivity contribution in [3.05, 3.63) is 12.2 Å². The van der Waals surface area contributed by atoms with Gasteiger partial charge in [-0.2, -0.15) is 0 Å². The fourth-order valence-electron chi connectivity index (χ4n) is 2.77. The summed E-state index contributed by atoms with van der Waals surface area (Å²) in [4.78, 5) is 23.9. The van der Waals surface area contributed by atoms with Crippen LogP contribution >= 0.6 is 15.6 Å². The van der Waals surface area contributed by atoms with E-state index in [0.717, 1.165) is 34.2 Å². The molecule has 0 aromatic rings. The monoisotopic (exact) mass is 496 g/mol. The third-order valence-electron chi connectivity index (χ3n) is 5.16. The summed E-state index contributed by atoms with van der Waals surface area (Å²) in [7, 11) is 8.56. The quantitative estimate of drug-likeness (QED) is 0.141. The van der Waals surface area contributed by atoms with E-state index in [0.29, 0.717) is 25.2 Å². The van der Waals surface area contributed by atoms with E-state index in [4.69, 9.17) is 9.47 Å². The van der Waals surface area contributed by atoms with Crippen molar-refractivity contribution in [2.24, 2.45) is 0 Å². The molecule has 0 amide bonds. The van der Waals surface area contributed by atoms with Gasteiger partial charge in [0.25, 0.3) is 0 Å². The Kier molecular flexibility index (Phi) is 14.6. The molecule has 0 aliphatic carbocycles. The van der Waals surface area contributed by atoms with Crippen LogP contribution in [0.25, 0.3) is 0 Å². The van der Waals surface area contributed by atoms with Crippen molar-refractivity contribution < 1.29 is 37.2 Å². The minimum absolute atomic E-state index is 0.0792. The lowest BCUT2D eigenvalue weighted by Crippen LogP contribution is -2.37. The molecule has 4 atom stereocenters. The zero-order valence-corrected chi connectivity index (χ0v) is 23.3. The summed E-state index contributed by atoms with van der Waals surface area (Å²) in [6, 6.07) is 0. The van der Waals surface area contributed by atoms with E-state index in [1.54, 1.807) is 0 Å². The summed E-state index contributed by atoms with van der Waals surface area (Å²) < 4.78 is 36.9. The van der Waals surface area contributed by atoms with Gasteiger partial charge in [0, 0.05) is 35.8 Å². The SMILES string of the molecule is CCC(COC(=O)/C=C\C(=O)OCC(CC)[PH](=O)CC[N+](C)(C)C)[PH](=O)CC[N+](C)(C)C. The van der Waals surface area contributed by atoms with Crippen molar-refractivity contribution in [2.45, 2.75) is 38.0 Å². The summed E-state index contributed by atoms with van der Waals surface area (Å²) in [5.41, 5.74) is -0.323. The van der Waals surface area contributed by atoms with E-state index in [-0.39, 0.29) is 24.5 Å². The van der Waals surface area contributed by atoms with Gasteiger partial charge < -0.3 is 27.6 Å². The topological polar surface area (TPSA) is 86.7 Å². The fraction of sp³-hybridized carbons (Fsp3) is 0.818. The van der Waals surface area contributed by atoms with Crippen LogP contribution in [-0.2, 0) is 28.2 Å². The lowest BCUT2D eigenvalue weighted by atomic mass is 10.3. The van der Waals surface area contributed by atoms with Gasteiger partial charge in [-0.15, -0.1) is 0 Å². The number of carbonyl (C=O) groups excluding carboxylic acids is 2. The summed E-state index contributed by atoms with van der Waals surface area (Å²) >= 11 is 0. The van der Waals surface area contributed by atoms with E-state index in [1.165, 1.54) is 0 Å². The Balaban J connectivity index is 4.46. The average Bonchev–Trinajstić information content (AvgIpc) is 2.68. The highest BCUT2D eigenvalue weighted by Gasteiger charge is 2.21. The maximum absolute atomic E-state index is 12.5. The summed E-state index contributed by atoms with van der Waals surface area (Å²) in [5.74, 6) is -1.32. The van der Waals surface area contributed by atoms with Gasteiger partial charge in [-0.3, -0.25) is 0 Å². The number of esters is 2. The molecule has 0 aliphatic rings. The normalized spacial score (nSPS) is 16.4. The molecule has 188 valence electrons. The molecule has 4 unspecified atom stereocenters. The largest absolute Gasteiger partial charge is 0.462 e. The van der Waals surface area contributed by atoms with Gasteiger partial charge in [0.05, 0.1) is 71.0 Å². The molecule has 0 radical (unpaired) electrons. The van der Waals surface area contributed by atoms with Crippen molar-refractivity contribution in [2.75, 3.05) is 80.9 Å². The van der Waals surface area contributed by atoms with Crippen LogP contribution in [0.3, 0.4) is 0 Å². The molecule has 32 heavy (non-hydrogen) atoms. The van der Waals surface area contributed by atoms with Crippen molar-refractivity contribution in [1.29, 1.82) is 0 Å². The van der Waals surface area contributed by atoms with E-state index in [9.17, 15) is 18.7 Å². The standard InChI is InChI=1S/C22H46N2O6P2/c1-9-19(31(27)15-13-23(3,4)5)17-29-21(25)11-12-22(26)30-18-20(10-2)32(28)16-14-24(6,7)8/h11-12,19-20,31-32H,9-10,13-18H2,1-8H3/q+2/b12-11-. The highest BCUT2D eigenvalue weighted by molar-refractivity contribution is 7.45. The third-order valence-corrected chi connectivity index (χ3v) is 9.57. The average molecular weight is 497 g/mol. The molecule has 0 saturated heterocycles. The van der Waals surface area contributed by atoms with E-state index >= 15 is 0 Å². The highest BCUT2D eigenvalue weighted by Crippen LogP contribution is 2.31. The number of hydrogen-bond donors (Lipinski definition) is 0. The fourth-order valence-corrected chi connectivity index (χ4v) is 6.82. The lowest BCUT2D eigenvalue weighted by Gasteiger charge is -2.24. The summed E-state index contributed by atoms with van der Waals surface area (Å²) in [6.07, 6.45) is 4.62. The smallest absolute Gasteiger partial charge is 0.331 e. The van der Waals surface area contributed by atoms with Crippen molar-refractivity contribution in [3.8, 4) is 0 Å². The van der Waals surface area contributed by atoms with Gasteiger partial charge in [0.1, 0.15) is 13.2 Å². The maximum atomic E-state index is 12.5. The van der Waals surface area contributed by atoms with Gasteiger partial charge in [-0.25, -0.2) is 9.59 Å². The first-order chi connectivity index (χ1) is 14.7. The first-order valence-corrected chi connectivity index (χ1v) is 14.7. The Hall–Kier alpha value is -0.940. The second-order valence-electron chi connectivity index (χ2n) is 10.3. The van der Waals surface area contributed by atoms with Crippen LogP contribution < -0.4 is 0 Å². The first-order valence-electron chi connectivity index (χ1n) is 11.4. The Morgan fingerprint density at radius 3 is 1.28 bits per heavy atom. The molecule has 0 bridgehead atoms. The van der Waals surface area contributed by atoms with E-state index < -0.39 is 27.5 Å². The van der Waals surface area contributed by atoms with E-state index in [1.807, 2.05) is 56.1 Å². The van der Waals surface area contributed by atoms with Crippen LogP contribution in [0.5, 0.6) is 0 Å². The van der Waals surface area contributed by atoms with Crippen LogP contribution in [-0.4, -0.2) is 113 Å². The third kappa shape index (κ3) is 15.8. The molecule has 0 fully saturated rings. The molecule has 0 spiro atoms. The number of quaternary nitrogens is 2. The van der Waals surface area contributed by atoms with Gasteiger partial charge in [-0.05, 0) is 12.8 Å². The van der Waals surface area contributed by atoms with Crippen molar-refractivity contribution in [1.82, 2.24) is 0 Å². The zero-order valence-electron chi connectivity index (χ0n) is 21.3. The molecular weight excluding hydrogens is 450 g/mol. The van der Waals surface area contributed by atoms with Gasteiger partial charge in [0.2, 0.25) is 0 Å². The number of ether oxygens (including phenoxy) is 2. The van der Waals surface area contributed by atoms with Crippen LogP contribution in [0.2, 0.25) is 0 Å². The van der Waals surface area contributed by atoms with Crippen LogP contribution in [0.4, 0.5) is 0 Å². The summed E-state index contributed by atoms with van der Waals surface area (Å²) in [6.45, 7) is 5.61. The minimum Gasteiger partial charge on any atom is -0.462 e. The van der Waals surface area contributed by atoms with Crippen LogP contribution in [0.1, 0.15) is 26.7 Å². The Bertz CT molecular complexity index is 612. The number of rotatable bonds is 16. The molecule has 0 aromatic heterocycles. The molecule has 0 saturated carbocycles. The predicted molar refractivity (Wildman–Crippen MR) is 133 cm³/mol. The van der Waals surface area contributed by atoms with Crippen molar-refractivity contribution in [3.63, 3.8) is 0 Å². The molecule has 0 aromatic carbocycles. The molecule has 0 N–H and O–H groups in total. The zero-order chi connectivity index (χ0) is 24.9. The molecule has 8 nitrogen and oxygen atoms in total. The second kappa shape index (κ2) is 15.1. The second-order valence-corrected chi connectivity index (χ2v) is 14.8. The number of nitrogens with zero attached hydrogens (tertiary/aromatic N) is 2. The van der Waals surface area contributed by atoms with Crippen LogP contribution in [0.15, 0.2) is 12.2 Å². The molecule has 10 heteroatoms. The van der Waals surface area contributed by atoms with E-state index in [2.05, 4.69) is 0 Å². The number of carbonyl (C=O) groups is 2. The Labute approximate surface area is 196 Å². The highest BCUT2D eigenvalue weighted by atomic mass is 31.1.